The van der Waals surface area contributed by atoms with Gasteiger partial charge < -0.3 is 14.6 Å². The highest BCUT2D eigenvalue weighted by molar-refractivity contribution is 6.00. The molecule has 0 saturated carbocycles. The fourth-order valence-electron chi connectivity index (χ4n) is 2.48. The minimum atomic E-state index is -0.733. The van der Waals surface area contributed by atoms with E-state index < -0.39 is 16.7 Å². The summed E-state index contributed by atoms with van der Waals surface area (Å²) in [6.45, 7) is 0.363. The van der Waals surface area contributed by atoms with E-state index in [0.29, 0.717) is 6.54 Å². The van der Waals surface area contributed by atoms with Crippen LogP contribution in [0.4, 0.5) is 11.6 Å². The van der Waals surface area contributed by atoms with Gasteiger partial charge in [-0.05, 0) is 24.1 Å². The van der Waals surface area contributed by atoms with E-state index >= 15 is 0 Å². The number of carbonyl (C=O) groups is 2. The van der Waals surface area contributed by atoms with E-state index in [-0.39, 0.29) is 18.2 Å². The first-order valence-electron chi connectivity index (χ1n) is 6.97. The van der Waals surface area contributed by atoms with Gasteiger partial charge in [-0.3, -0.25) is 19.7 Å². The monoisotopic (exact) mass is 315 g/mol. The maximum atomic E-state index is 12.2. The average Bonchev–Trinajstić information content (AvgIpc) is 3.19. The van der Waals surface area contributed by atoms with Crippen LogP contribution in [0, 0.1) is 10.1 Å². The lowest BCUT2D eigenvalue weighted by molar-refractivity contribution is -0.402. The Morgan fingerprint density at radius 2 is 2.04 bits per heavy atom. The summed E-state index contributed by atoms with van der Waals surface area (Å²) in [6.07, 6.45) is 0.778. The molecule has 0 bridgehead atoms. The van der Waals surface area contributed by atoms with Gasteiger partial charge in [-0.2, -0.15) is 0 Å². The van der Waals surface area contributed by atoms with Crippen LogP contribution in [-0.4, -0.2) is 29.8 Å². The van der Waals surface area contributed by atoms with E-state index in [4.69, 9.17) is 4.42 Å². The van der Waals surface area contributed by atoms with Gasteiger partial charge in [0.05, 0.1) is 12.6 Å². The third-order valence-electron chi connectivity index (χ3n) is 3.58. The SMILES string of the molecule is O=C(NCC(=O)N1CCc2ccccc21)c1ccc([N+](=O)[O-])o1. The first-order valence-corrected chi connectivity index (χ1v) is 6.97. The molecule has 0 aliphatic carbocycles. The number of furan rings is 1. The largest absolute Gasteiger partial charge is 0.433 e. The van der Waals surface area contributed by atoms with Crippen molar-refractivity contribution < 1.29 is 18.9 Å². The fraction of sp³-hybridized carbons (Fsp3) is 0.200. The molecule has 23 heavy (non-hydrogen) atoms. The minimum absolute atomic E-state index is 0.202. The molecule has 1 aliphatic heterocycles. The van der Waals surface area contributed by atoms with Gasteiger partial charge in [-0.25, -0.2) is 0 Å². The molecule has 0 fully saturated rings. The van der Waals surface area contributed by atoms with Crippen LogP contribution in [-0.2, 0) is 11.2 Å². The van der Waals surface area contributed by atoms with Gasteiger partial charge in [0.2, 0.25) is 5.91 Å². The molecule has 2 amide bonds. The van der Waals surface area contributed by atoms with E-state index in [1.165, 1.54) is 6.07 Å². The topological polar surface area (TPSA) is 106 Å². The van der Waals surface area contributed by atoms with Crippen LogP contribution in [0.2, 0.25) is 0 Å². The van der Waals surface area contributed by atoms with E-state index in [9.17, 15) is 19.7 Å². The molecule has 0 unspecified atom stereocenters. The summed E-state index contributed by atoms with van der Waals surface area (Å²) in [5, 5.41) is 12.9. The summed E-state index contributed by atoms with van der Waals surface area (Å²) in [6, 6.07) is 9.88. The van der Waals surface area contributed by atoms with Gasteiger partial charge in [0.1, 0.15) is 4.92 Å². The molecule has 118 valence electrons. The minimum Gasteiger partial charge on any atom is -0.395 e. The summed E-state index contributed by atoms with van der Waals surface area (Å²) in [5.74, 6) is -1.63. The maximum absolute atomic E-state index is 12.2. The van der Waals surface area contributed by atoms with Crippen LogP contribution in [0.15, 0.2) is 40.8 Å². The molecule has 8 nitrogen and oxygen atoms in total. The number of amides is 2. The van der Waals surface area contributed by atoms with Crippen LogP contribution < -0.4 is 10.2 Å². The number of benzene rings is 1. The smallest absolute Gasteiger partial charge is 0.395 e. The maximum Gasteiger partial charge on any atom is 0.433 e. The van der Waals surface area contributed by atoms with Crippen molar-refractivity contribution in [3.63, 3.8) is 0 Å². The van der Waals surface area contributed by atoms with Gasteiger partial charge in [0.15, 0.2) is 5.76 Å². The Bertz CT molecular complexity index is 783. The first kappa shape index (κ1) is 14.8. The Balaban J connectivity index is 1.61. The second-order valence-electron chi connectivity index (χ2n) is 5.00. The summed E-state index contributed by atoms with van der Waals surface area (Å²) in [7, 11) is 0. The van der Waals surface area contributed by atoms with Crippen molar-refractivity contribution in [1.82, 2.24) is 5.32 Å². The number of nitrogens with zero attached hydrogens (tertiary/aromatic N) is 2. The second kappa shape index (κ2) is 5.91. The van der Waals surface area contributed by atoms with Gasteiger partial charge in [0, 0.05) is 12.2 Å². The van der Waals surface area contributed by atoms with Crippen LogP contribution in [0.3, 0.4) is 0 Å². The van der Waals surface area contributed by atoms with Gasteiger partial charge in [0.25, 0.3) is 5.91 Å². The summed E-state index contributed by atoms with van der Waals surface area (Å²) in [5.41, 5.74) is 1.94. The zero-order chi connectivity index (χ0) is 16.4. The number of para-hydroxylation sites is 1. The van der Waals surface area contributed by atoms with Gasteiger partial charge in [-0.1, -0.05) is 18.2 Å². The Kier molecular flexibility index (Phi) is 3.80. The molecule has 1 aromatic carbocycles. The number of nitro groups is 1. The molecule has 1 N–H and O–H groups in total. The quantitative estimate of drug-likeness (QED) is 0.680. The number of carbonyl (C=O) groups excluding carboxylic acids is 2. The third-order valence-corrected chi connectivity index (χ3v) is 3.58. The second-order valence-corrected chi connectivity index (χ2v) is 5.00. The molecule has 1 aromatic heterocycles. The zero-order valence-corrected chi connectivity index (χ0v) is 12.0. The predicted octanol–water partition coefficient (Wildman–Crippen LogP) is 1.51. The molecule has 3 rings (SSSR count). The number of fused-ring (bicyclic) bond motifs is 1. The van der Waals surface area contributed by atoms with Crippen LogP contribution in [0.5, 0.6) is 0 Å². The Morgan fingerprint density at radius 1 is 1.26 bits per heavy atom. The number of anilines is 1. The average molecular weight is 315 g/mol. The van der Waals surface area contributed by atoms with Crippen molar-refractivity contribution in [2.45, 2.75) is 6.42 Å². The number of hydrogen-bond acceptors (Lipinski definition) is 5. The van der Waals surface area contributed by atoms with E-state index in [1.807, 2.05) is 24.3 Å². The highest BCUT2D eigenvalue weighted by Gasteiger charge is 2.25. The first-order chi connectivity index (χ1) is 11.1. The van der Waals surface area contributed by atoms with Gasteiger partial charge in [-0.15, -0.1) is 0 Å². The molecule has 0 radical (unpaired) electrons. The van der Waals surface area contributed by atoms with Crippen molar-refractivity contribution in [3.8, 4) is 0 Å². The number of nitrogens with one attached hydrogen (secondary N) is 1. The fourth-order valence-corrected chi connectivity index (χ4v) is 2.48. The number of hydrogen-bond donors (Lipinski definition) is 1. The molecule has 0 atom stereocenters. The zero-order valence-electron chi connectivity index (χ0n) is 12.0. The molecule has 0 spiro atoms. The highest BCUT2D eigenvalue weighted by Crippen LogP contribution is 2.27. The van der Waals surface area contributed by atoms with Crippen LogP contribution >= 0.6 is 0 Å². The lowest BCUT2D eigenvalue weighted by Crippen LogP contribution is -2.39. The summed E-state index contributed by atoms with van der Waals surface area (Å²) < 4.78 is 4.78. The van der Waals surface area contributed by atoms with E-state index in [0.717, 1.165) is 23.7 Å². The van der Waals surface area contributed by atoms with Crippen LogP contribution in [0.1, 0.15) is 16.1 Å². The highest BCUT2D eigenvalue weighted by atomic mass is 16.6. The van der Waals surface area contributed by atoms with Crippen molar-refractivity contribution >= 4 is 23.4 Å². The van der Waals surface area contributed by atoms with Crippen molar-refractivity contribution in [2.75, 3.05) is 18.0 Å². The molecular formula is C15H13N3O5. The third kappa shape index (κ3) is 2.91. The van der Waals surface area contributed by atoms with Gasteiger partial charge >= 0.3 is 5.88 Å². The van der Waals surface area contributed by atoms with Crippen molar-refractivity contribution in [3.05, 3.63) is 57.8 Å². The Labute approximate surface area is 130 Å². The predicted molar refractivity (Wildman–Crippen MR) is 80.2 cm³/mol. The molecule has 8 heteroatoms. The molecule has 2 aromatic rings. The summed E-state index contributed by atoms with van der Waals surface area (Å²) >= 11 is 0. The lowest BCUT2D eigenvalue weighted by atomic mass is 10.2. The molecule has 1 aliphatic rings. The normalized spacial score (nSPS) is 12.8. The lowest BCUT2D eigenvalue weighted by Gasteiger charge is -2.17. The Morgan fingerprint density at radius 3 is 2.78 bits per heavy atom. The van der Waals surface area contributed by atoms with Crippen molar-refractivity contribution in [2.24, 2.45) is 0 Å². The molecule has 0 saturated heterocycles. The Hall–Kier alpha value is -3.16. The number of rotatable bonds is 4. The van der Waals surface area contributed by atoms with E-state index in [2.05, 4.69) is 5.32 Å². The van der Waals surface area contributed by atoms with Crippen LogP contribution in [0.25, 0.3) is 0 Å². The molecular weight excluding hydrogens is 302 g/mol. The van der Waals surface area contributed by atoms with E-state index in [1.54, 1.807) is 4.90 Å². The standard InChI is InChI=1S/C15H13N3O5/c19-13(17-8-7-10-3-1-2-4-11(10)17)9-16-15(20)12-5-6-14(23-12)18(21)22/h1-6H,7-9H2,(H,16,20). The molecule has 2 heterocycles. The summed E-state index contributed by atoms with van der Waals surface area (Å²) in [4.78, 5) is 35.5. The van der Waals surface area contributed by atoms with Crippen molar-refractivity contribution in [1.29, 1.82) is 0 Å².